The van der Waals surface area contributed by atoms with Crippen LogP contribution in [0.2, 0.25) is 0 Å². The number of methoxy groups -OCH3 is 1. The monoisotopic (exact) mass is 583 g/mol. The Morgan fingerprint density at radius 1 is 1.17 bits per heavy atom. The first kappa shape index (κ1) is 29.4. The predicted molar refractivity (Wildman–Crippen MR) is 159 cm³/mol. The number of hydrogen-bond donors (Lipinski definition) is 2. The Bertz CT molecular complexity index is 1500. The van der Waals surface area contributed by atoms with E-state index in [-0.39, 0.29) is 17.7 Å². The van der Waals surface area contributed by atoms with Crippen LogP contribution in [-0.4, -0.2) is 62.4 Å². The maximum Gasteiger partial charge on any atom is 0.264 e. The second kappa shape index (κ2) is 12.4. The summed E-state index contributed by atoms with van der Waals surface area (Å²) in [5.74, 6) is 0.812. The molecule has 222 valence electrons. The van der Waals surface area contributed by atoms with Gasteiger partial charge in [-0.25, -0.2) is 13.1 Å². The zero-order valence-electron chi connectivity index (χ0n) is 24.4. The number of aromatic amines is 1. The van der Waals surface area contributed by atoms with Gasteiger partial charge in [-0.3, -0.25) is 9.69 Å². The molecular weight excluding hydrogens is 542 g/mol. The molecule has 9 nitrogen and oxygen atoms in total. The van der Waals surface area contributed by atoms with E-state index in [1.807, 2.05) is 12.3 Å². The van der Waals surface area contributed by atoms with Gasteiger partial charge in [0.05, 0.1) is 25.1 Å². The Labute approximate surface area is 242 Å². The Hall–Kier alpha value is -3.08. The van der Waals surface area contributed by atoms with E-state index in [0.717, 1.165) is 78.6 Å². The molecule has 2 aromatic carbocycles. The number of rotatable bonds is 6. The number of ether oxygens (including phenoxy) is 3. The summed E-state index contributed by atoms with van der Waals surface area (Å²) in [4.78, 5) is 18.8. The van der Waals surface area contributed by atoms with E-state index >= 15 is 0 Å². The van der Waals surface area contributed by atoms with Crippen LogP contribution in [0.3, 0.4) is 0 Å². The first-order valence-electron chi connectivity index (χ1n) is 14.5. The number of nitrogens with one attached hydrogen (secondary N) is 2. The normalized spacial score (nSPS) is 20.5. The van der Waals surface area contributed by atoms with Crippen molar-refractivity contribution in [3.05, 3.63) is 58.8 Å². The third-order valence-electron chi connectivity index (χ3n) is 8.25. The van der Waals surface area contributed by atoms with Crippen LogP contribution >= 0.6 is 0 Å². The first-order valence-corrected chi connectivity index (χ1v) is 16.0. The van der Waals surface area contributed by atoms with Gasteiger partial charge in [-0.1, -0.05) is 6.07 Å². The molecule has 10 heteroatoms. The maximum absolute atomic E-state index is 13.0. The quantitative estimate of drug-likeness (QED) is 0.409. The van der Waals surface area contributed by atoms with Gasteiger partial charge in [-0.2, -0.15) is 0 Å². The van der Waals surface area contributed by atoms with Gasteiger partial charge in [0.1, 0.15) is 11.5 Å². The van der Waals surface area contributed by atoms with Crippen molar-refractivity contribution < 1.29 is 27.4 Å². The molecule has 2 bridgehead atoms. The van der Waals surface area contributed by atoms with Crippen LogP contribution in [0.5, 0.6) is 11.5 Å². The van der Waals surface area contributed by atoms with Gasteiger partial charge in [-0.15, -0.1) is 0 Å². The summed E-state index contributed by atoms with van der Waals surface area (Å²) in [5, 5.41) is 0.424. The number of carbonyl (C=O) groups excluding carboxylic acids is 1. The van der Waals surface area contributed by atoms with Crippen molar-refractivity contribution in [1.29, 1.82) is 0 Å². The molecule has 3 aromatic rings. The molecule has 1 amide bonds. The summed E-state index contributed by atoms with van der Waals surface area (Å²) in [6.45, 7) is 7.90. The van der Waals surface area contributed by atoms with E-state index in [1.165, 1.54) is 13.8 Å². The van der Waals surface area contributed by atoms with Gasteiger partial charge in [0, 0.05) is 59.5 Å². The van der Waals surface area contributed by atoms with Crippen LogP contribution in [-0.2, 0) is 21.3 Å². The largest absolute Gasteiger partial charge is 0.496 e. The molecule has 0 radical (unpaired) electrons. The smallest absolute Gasteiger partial charge is 0.264 e. The minimum Gasteiger partial charge on any atom is -0.496 e. The van der Waals surface area contributed by atoms with Gasteiger partial charge in [-0.05, 0) is 82.7 Å². The lowest BCUT2D eigenvalue weighted by Gasteiger charge is -2.40. The second-order valence-electron chi connectivity index (χ2n) is 11.3. The van der Waals surface area contributed by atoms with Crippen molar-refractivity contribution in [1.82, 2.24) is 14.6 Å². The minimum atomic E-state index is -3.76. The van der Waals surface area contributed by atoms with Crippen molar-refractivity contribution in [3.8, 4) is 11.5 Å². The van der Waals surface area contributed by atoms with Crippen molar-refractivity contribution in [3.63, 3.8) is 0 Å². The number of likely N-dealkylation sites (tertiary alicyclic amines) is 1. The van der Waals surface area contributed by atoms with Crippen LogP contribution in [0.25, 0.3) is 10.9 Å². The lowest BCUT2D eigenvalue weighted by molar-refractivity contribution is -0.0216. The average molecular weight is 584 g/mol. The van der Waals surface area contributed by atoms with Gasteiger partial charge >= 0.3 is 0 Å². The summed E-state index contributed by atoms with van der Waals surface area (Å²) >= 11 is 0. The molecule has 2 N–H and O–H groups in total. The van der Waals surface area contributed by atoms with E-state index in [9.17, 15) is 13.2 Å². The summed E-state index contributed by atoms with van der Waals surface area (Å²) < 4.78 is 45.4. The number of H-pyrrole nitrogens is 1. The molecule has 0 aliphatic carbocycles. The first-order chi connectivity index (χ1) is 19.7. The van der Waals surface area contributed by atoms with Gasteiger partial charge in [0.25, 0.3) is 5.91 Å². The SMILES string of the molecule is COc1cc(C)c2[nH]ccc2c1CN1CC[C@H]2C[C@H]1c1ccc(C(=O)NS(=O)(=O)C(C)C)cc1OCCCCCO2. The van der Waals surface area contributed by atoms with Crippen LogP contribution in [0.1, 0.15) is 79.0 Å². The van der Waals surface area contributed by atoms with Crippen molar-refractivity contribution in [2.24, 2.45) is 0 Å². The van der Waals surface area contributed by atoms with E-state index < -0.39 is 21.2 Å². The number of carbonyl (C=O) groups is 1. The number of aromatic nitrogens is 1. The van der Waals surface area contributed by atoms with E-state index in [2.05, 4.69) is 33.7 Å². The number of benzene rings is 2. The molecule has 41 heavy (non-hydrogen) atoms. The van der Waals surface area contributed by atoms with Crippen LogP contribution in [0.15, 0.2) is 36.5 Å². The number of amides is 1. The third-order valence-corrected chi connectivity index (χ3v) is 9.96. The molecule has 2 aliphatic rings. The van der Waals surface area contributed by atoms with Crippen molar-refractivity contribution >= 4 is 26.8 Å². The summed E-state index contributed by atoms with van der Waals surface area (Å²) in [7, 11) is -2.05. The standard InChI is InChI=1S/C31H41N3O6S/c1-20(2)41(36,37)33-31(35)22-8-9-25-27-18-23(39-14-6-5-7-15-40-29(25)17-22)11-13-34(27)19-26-24-10-12-32-30(24)21(3)16-28(26)38-4/h8-10,12,16-17,20,23,27,32H,5-7,11,13-15,18-19H2,1-4H3,(H,33,35)/t23-,27-/m0/s1. The predicted octanol–water partition coefficient (Wildman–Crippen LogP) is 5.24. The zero-order chi connectivity index (χ0) is 29.1. The molecule has 1 fully saturated rings. The molecule has 2 aliphatic heterocycles. The van der Waals surface area contributed by atoms with Crippen molar-refractivity contribution in [2.75, 3.05) is 26.9 Å². The number of aryl methyl sites for hydroxylation is 1. The number of piperidine rings is 1. The Morgan fingerprint density at radius 2 is 1.98 bits per heavy atom. The molecule has 5 rings (SSSR count). The Kier molecular flexibility index (Phi) is 8.91. The molecule has 0 saturated carbocycles. The molecule has 0 unspecified atom stereocenters. The van der Waals surface area contributed by atoms with Crippen LogP contribution in [0, 0.1) is 6.92 Å². The summed E-state index contributed by atoms with van der Waals surface area (Å²) in [5.41, 5.74) is 4.58. The number of fused-ring (bicyclic) bond motifs is 5. The topological polar surface area (TPSA) is 110 Å². The third kappa shape index (κ3) is 6.39. The Morgan fingerprint density at radius 3 is 2.76 bits per heavy atom. The van der Waals surface area contributed by atoms with E-state index in [4.69, 9.17) is 14.2 Å². The van der Waals surface area contributed by atoms with Gasteiger partial charge in [0.15, 0.2) is 0 Å². The number of sulfonamides is 1. The molecule has 3 heterocycles. The molecular formula is C31H41N3O6S. The fourth-order valence-electron chi connectivity index (χ4n) is 5.82. The summed E-state index contributed by atoms with van der Waals surface area (Å²) in [6, 6.07) is 9.45. The maximum atomic E-state index is 13.0. The van der Waals surface area contributed by atoms with E-state index in [0.29, 0.717) is 18.9 Å². The number of hydrogen-bond acceptors (Lipinski definition) is 7. The second-order valence-corrected chi connectivity index (χ2v) is 13.6. The minimum absolute atomic E-state index is 0.0281. The lowest BCUT2D eigenvalue weighted by Crippen LogP contribution is -2.40. The molecule has 2 atom stereocenters. The fraction of sp³-hybridized carbons (Fsp3) is 0.516. The van der Waals surface area contributed by atoms with Gasteiger partial charge < -0.3 is 19.2 Å². The highest BCUT2D eigenvalue weighted by atomic mass is 32.2. The molecule has 0 spiro atoms. The highest BCUT2D eigenvalue weighted by molar-refractivity contribution is 7.90. The van der Waals surface area contributed by atoms with Gasteiger partial charge in [0.2, 0.25) is 10.0 Å². The van der Waals surface area contributed by atoms with Crippen molar-refractivity contribution in [2.45, 2.75) is 76.8 Å². The average Bonchev–Trinajstić information content (AvgIpc) is 3.44. The summed E-state index contributed by atoms with van der Waals surface area (Å²) in [6.07, 6.45) is 6.62. The van der Waals surface area contributed by atoms with Crippen LogP contribution < -0.4 is 14.2 Å². The van der Waals surface area contributed by atoms with Crippen LogP contribution in [0.4, 0.5) is 0 Å². The fourth-order valence-corrected chi connectivity index (χ4v) is 6.44. The Balaban J connectivity index is 1.52. The number of nitrogens with zero attached hydrogens (tertiary/aromatic N) is 1. The van der Waals surface area contributed by atoms with E-state index in [1.54, 1.807) is 19.2 Å². The lowest BCUT2D eigenvalue weighted by atomic mass is 9.90. The highest BCUT2D eigenvalue weighted by Gasteiger charge is 2.34. The zero-order valence-corrected chi connectivity index (χ0v) is 25.2. The highest BCUT2D eigenvalue weighted by Crippen LogP contribution is 2.41. The molecule has 1 aromatic heterocycles. The molecule has 1 saturated heterocycles.